The molecule has 0 radical (unpaired) electrons. The summed E-state index contributed by atoms with van der Waals surface area (Å²) in [6.07, 6.45) is 5.82. The summed E-state index contributed by atoms with van der Waals surface area (Å²) in [4.78, 5) is 24.4. The van der Waals surface area contributed by atoms with Crippen LogP contribution in [0.25, 0.3) is 10.9 Å². The van der Waals surface area contributed by atoms with E-state index in [1.165, 1.54) is 6.07 Å². The van der Waals surface area contributed by atoms with E-state index in [0.29, 0.717) is 24.1 Å². The lowest BCUT2D eigenvalue weighted by Crippen LogP contribution is -2.31. The first-order chi connectivity index (χ1) is 15.2. The van der Waals surface area contributed by atoms with Crippen LogP contribution in [0.3, 0.4) is 0 Å². The monoisotopic (exact) mass is 411 g/mol. The lowest BCUT2D eigenvalue weighted by molar-refractivity contribution is 0.0734. The molecule has 1 saturated heterocycles. The van der Waals surface area contributed by atoms with Crippen molar-refractivity contribution < 1.29 is 9.18 Å². The lowest BCUT2D eigenvalue weighted by Gasteiger charge is -2.25. The molecule has 4 aromatic rings. The van der Waals surface area contributed by atoms with Crippen LogP contribution in [-0.4, -0.2) is 27.3 Å². The molecule has 154 valence electrons. The third-order valence-electron chi connectivity index (χ3n) is 5.92. The van der Waals surface area contributed by atoms with Gasteiger partial charge in [0.2, 0.25) is 0 Å². The first-order valence-corrected chi connectivity index (χ1v) is 10.5. The number of rotatable bonds is 4. The van der Waals surface area contributed by atoms with Crippen molar-refractivity contribution in [2.24, 2.45) is 0 Å². The predicted molar refractivity (Wildman–Crippen MR) is 118 cm³/mol. The molecule has 4 nitrogen and oxygen atoms in total. The van der Waals surface area contributed by atoms with Crippen molar-refractivity contribution in [3.63, 3.8) is 0 Å². The molecular weight excluding hydrogens is 389 g/mol. The molecule has 31 heavy (non-hydrogen) atoms. The van der Waals surface area contributed by atoms with Gasteiger partial charge in [-0.15, -0.1) is 0 Å². The predicted octanol–water partition coefficient (Wildman–Crippen LogP) is 5.34. The highest BCUT2D eigenvalue weighted by molar-refractivity contribution is 6.05. The minimum Gasteiger partial charge on any atom is -0.330 e. The summed E-state index contributed by atoms with van der Waals surface area (Å²) in [5.41, 5.74) is 3.83. The summed E-state index contributed by atoms with van der Waals surface area (Å²) in [7, 11) is 0. The Morgan fingerprint density at radius 2 is 1.87 bits per heavy atom. The molecule has 5 heteroatoms. The Balaban J connectivity index is 1.39. The fourth-order valence-electron chi connectivity index (χ4n) is 4.35. The number of nitrogens with zero attached hydrogens (tertiary/aromatic N) is 3. The molecule has 5 rings (SSSR count). The summed E-state index contributed by atoms with van der Waals surface area (Å²) in [6, 6.07) is 20.2. The summed E-state index contributed by atoms with van der Waals surface area (Å²) >= 11 is 0. The zero-order chi connectivity index (χ0) is 21.2. The Hall–Kier alpha value is -3.60. The topological polar surface area (TPSA) is 46.1 Å². The van der Waals surface area contributed by atoms with Crippen molar-refractivity contribution in [3.8, 4) is 0 Å². The molecule has 0 N–H and O–H groups in total. The molecule has 0 unspecified atom stereocenters. The molecule has 3 heterocycles. The number of likely N-dealkylation sites (tertiary alicyclic amines) is 1. The second-order valence-electron chi connectivity index (χ2n) is 7.90. The number of carbonyl (C=O) groups excluding carboxylic acids is 1. The summed E-state index contributed by atoms with van der Waals surface area (Å²) in [6.45, 7) is 0.700. The molecule has 0 spiro atoms. The van der Waals surface area contributed by atoms with Crippen molar-refractivity contribution in [2.45, 2.75) is 25.3 Å². The molecule has 0 aliphatic carbocycles. The van der Waals surface area contributed by atoms with Gasteiger partial charge >= 0.3 is 0 Å². The first-order valence-electron chi connectivity index (χ1n) is 10.5. The number of halogens is 1. The van der Waals surface area contributed by atoms with Gasteiger partial charge in [-0.2, -0.15) is 0 Å². The van der Waals surface area contributed by atoms with Crippen LogP contribution < -0.4 is 0 Å². The third-order valence-corrected chi connectivity index (χ3v) is 5.92. The second-order valence-corrected chi connectivity index (χ2v) is 7.90. The van der Waals surface area contributed by atoms with Gasteiger partial charge in [0.15, 0.2) is 0 Å². The van der Waals surface area contributed by atoms with Crippen molar-refractivity contribution in [1.82, 2.24) is 14.9 Å². The SMILES string of the molecule is O=C(c1cccc2cccnc12)N1CCC[C@H]1c1ccc(Cc2ccccc2F)cn1. The number of hydrogen-bond donors (Lipinski definition) is 0. The molecule has 1 amide bonds. The van der Waals surface area contributed by atoms with Crippen molar-refractivity contribution in [1.29, 1.82) is 0 Å². The van der Waals surface area contributed by atoms with E-state index in [9.17, 15) is 9.18 Å². The summed E-state index contributed by atoms with van der Waals surface area (Å²) in [5, 5.41) is 0.958. The molecule has 1 aliphatic rings. The van der Waals surface area contributed by atoms with Crippen LogP contribution in [-0.2, 0) is 6.42 Å². The van der Waals surface area contributed by atoms with Crippen LogP contribution in [0.4, 0.5) is 4.39 Å². The highest BCUT2D eigenvalue weighted by Crippen LogP contribution is 2.33. The van der Waals surface area contributed by atoms with E-state index in [4.69, 9.17) is 0 Å². The Bertz CT molecular complexity index is 1230. The Kier molecular flexibility index (Phi) is 5.16. The zero-order valence-corrected chi connectivity index (χ0v) is 17.0. The maximum absolute atomic E-state index is 13.9. The molecule has 1 atom stereocenters. The van der Waals surface area contributed by atoms with Crippen LogP contribution >= 0.6 is 0 Å². The van der Waals surface area contributed by atoms with Gasteiger partial charge in [-0.1, -0.05) is 42.5 Å². The normalized spacial score (nSPS) is 16.0. The molecule has 0 saturated carbocycles. The minimum atomic E-state index is -0.206. The van der Waals surface area contributed by atoms with Gasteiger partial charge in [0.1, 0.15) is 5.82 Å². The number of aromatic nitrogens is 2. The average Bonchev–Trinajstić information content (AvgIpc) is 3.30. The van der Waals surface area contributed by atoms with E-state index in [1.54, 1.807) is 24.5 Å². The van der Waals surface area contributed by atoms with E-state index >= 15 is 0 Å². The number of carbonyl (C=O) groups is 1. The standard InChI is InChI=1S/C26H22FN3O/c27-22-10-2-1-6-20(22)16-18-12-13-23(29-17-18)24-11-5-15-30(24)26(31)21-9-3-7-19-8-4-14-28-25(19)21/h1-4,6-10,12-14,17,24H,5,11,15-16H2/t24-/m0/s1. The zero-order valence-electron chi connectivity index (χ0n) is 17.0. The average molecular weight is 411 g/mol. The van der Waals surface area contributed by atoms with E-state index in [2.05, 4.69) is 9.97 Å². The van der Waals surface area contributed by atoms with Gasteiger partial charge in [-0.05, 0) is 48.2 Å². The lowest BCUT2D eigenvalue weighted by atomic mass is 10.0. The van der Waals surface area contributed by atoms with Gasteiger partial charge in [0, 0.05) is 30.7 Å². The molecule has 1 fully saturated rings. The number of fused-ring (bicyclic) bond motifs is 1. The molecule has 1 aliphatic heterocycles. The van der Waals surface area contributed by atoms with Gasteiger partial charge in [-0.3, -0.25) is 14.8 Å². The van der Waals surface area contributed by atoms with Crippen molar-refractivity contribution in [3.05, 3.63) is 107 Å². The second kappa shape index (κ2) is 8.26. The molecule has 0 bridgehead atoms. The Labute approximate surface area is 180 Å². The van der Waals surface area contributed by atoms with Crippen LogP contribution in [0.5, 0.6) is 0 Å². The number of para-hydroxylation sites is 1. The van der Waals surface area contributed by atoms with E-state index in [1.807, 2.05) is 53.4 Å². The third kappa shape index (κ3) is 3.79. The van der Waals surface area contributed by atoms with Gasteiger partial charge in [0.05, 0.1) is 22.8 Å². The van der Waals surface area contributed by atoms with Gasteiger partial charge in [-0.25, -0.2) is 4.39 Å². The summed E-state index contributed by atoms with van der Waals surface area (Å²) in [5.74, 6) is -0.216. The number of hydrogen-bond acceptors (Lipinski definition) is 3. The maximum Gasteiger partial charge on any atom is 0.256 e. The number of amides is 1. The van der Waals surface area contributed by atoms with Crippen LogP contribution in [0, 0.1) is 5.82 Å². The highest BCUT2D eigenvalue weighted by atomic mass is 19.1. The fourth-order valence-corrected chi connectivity index (χ4v) is 4.35. The summed E-state index contributed by atoms with van der Waals surface area (Å²) < 4.78 is 13.9. The fraction of sp³-hybridized carbons (Fsp3) is 0.192. The Morgan fingerprint density at radius 3 is 2.71 bits per heavy atom. The number of benzene rings is 2. The van der Waals surface area contributed by atoms with Gasteiger partial charge < -0.3 is 4.90 Å². The van der Waals surface area contributed by atoms with Gasteiger partial charge in [0.25, 0.3) is 5.91 Å². The highest BCUT2D eigenvalue weighted by Gasteiger charge is 2.32. The quantitative estimate of drug-likeness (QED) is 0.456. The van der Waals surface area contributed by atoms with E-state index in [-0.39, 0.29) is 17.8 Å². The molecule has 2 aromatic heterocycles. The largest absolute Gasteiger partial charge is 0.330 e. The minimum absolute atomic E-state index is 0.0102. The van der Waals surface area contributed by atoms with Crippen LogP contribution in [0.15, 0.2) is 79.1 Å². The first kappa shape index (κ1) is 19.4. The Morgan fingerprint density at radius 1 is 1.00 bits per heavy atom. The van der Waals surface area contributed by atoms with Crippen LogP contribution in [0.2, 0.25) is 0 Å². The van der Waals surface area contributed by atoms with Crippen molar-refractivity contribution >= 4 is 16.8 Å². The van der Waals surface area contributed by atoms with E-state index < -0.39 is 0 Å². The van der Waals surface area contributed by atoms with E-state index in [0.717, 1.165) is 35.0 Å². The molecular formula is C26H22FN3O. The smallest absolute Gasteiger partial charge is 0.256 e. The number of pyridine rings is 2. The van der Waals surface area contributed by atoms with Crippen molar-refractivity contribution in [2.75, 3.05) is 6.54 Å². The molecule has 2 aromatic carbocycles. The maximum atomic E-state index is 13.9. The van der Waals surface area contributed by atoms with Crippen LogP contribution in [0.1, 0.15) is 46.1 Å².